The summed E-state index contributed by atoms with van der Waals surface area (Å²) in [6.45, 7) is 5.29. The first kappa shape index (κ1) is 18.6. The Hall–Kier alpha value is -2.76. The van der Waals surface area contributed by atoms with Gasteiger partial charge in [-0.25, -0.2) is 13.6 Å². The predicted molar refractivity (Wildman–Crippen MR) is 89.1 cm³/mol. The molecule has 0 fully saturated rings. The molecule has 0 spiro atoms. The molecule has 6 heteroatoms. The minimum Gasteiger partial charge on any atom is -0.452 e. The van der Waals surface area contributed by atoms with Gasteiger partial charge in [-0.2, -0.15) is 0 Å². The number of halogens is 2. The number of rotatable bonds is 5. The van der Waals surface area contributed by atoms with Crippen molar-refractivity contribution < 1.29 is 23.1 Å². The summed E-state index contributed by atoms with van der Waals surface area (Å²) in [4.78, 5) is 23.7. The van der Waals surface area contributed by atoms with Gasteiger partial charge in [0.05, 0.1) is 11.6 Å². The van der Waals surface area contributed by atoms with Gasteiger partial charge in [-0.05, 0) is 55.7 Å². The molecule has 0 aromatic heterocycles. The molecule has 2 aromatic rings. The van der Waals surface area contributed by atoms with Crippen molar-refractivity contribution in [1.29, 1.82) is 0 Å². The van der Waals surface area contributed by atoms with Crippen LogP contribution in [0.25, 0.3) is 0 Å². The van der Waals surface area contributed by atoms with Gasteiger partial charge in [-0.3, -0.25) is 4.79 Å². The molecule has 25 heavy (non-hydrogen) atoms. The zero-order valence-electron chi connectivity index (χ0n) is 14.2. The van der Waals surface area contributed by atoms with Crippen LogP contribution in [0.15, 0.2) is 36.4 Å². The Kier molecular flexibility index (Phi) is 5.85. The minimum atomic E-state index is -1.15. The molecular weight excluding hydrogens is 328 g/mol. The fraction of sp³-hybridized carbons (Fsp3) is 0.263. The molecule has 1 N–H and O–H groups in total. The van der Waals surface area contributed by atoms with Crippen molar-refractivity contribution in [2.45, 2.75) is 26.8 Å². The average Bonchev–Trinajstić information content (AvgIpc) is 2.57. The normalized spacial score (nSPS) is 11.7. The van der Waals surface area contributed by atoms with Crippen LogP contribution in [0.5, 0.6) is 0 Å². The van der Waals surface area contributed by atoms with Crippen molar-refractivity contribution in [1.82, 2.24) is 5.32 Å². The SMILES string of the molecule is Cc1ccc(C(C)NC(=O)COC(=O)c2ccc(F)c(F)c2)cc1C. The second-order valence-electron chi connectivity index (χ2n) is 5.84. The van der Waals surface area contributed by atoms with E-state index in [4.69, 9.17) is 4.74 Å². The van der Waals surface area contributed by atoms with E-state index in [1.165, 1.54) is 0 Å². The van der Waals surface area contributed by atoms with Gasteiger partial charge in [0.15, 0.2) is 18.2 Å². The summed E-state index contributed by atoms with van der Waals surface area (Å²) in [7, 11) is 0. The number of carbonyl (C=O) groups excluding carboxylic acids is 2. The van der Waals surface area contributed by atoms with Crippen LogP contribution in [-0.2, 0) is 9.53 Å². The number of nitrogens with one attached hydrogen (secondary N) is 1. The van der Waals surface area contributed by atoms with Gasteiger partial charge in [0.25, 0.3) is 5.91 Å². The Morgan fingerprint density at radius 1 is 1.04 bits per heavy atom. The summed E-state index contributed by atoms with van der Waals surface area (Å²) in [5.41, 5.74) is 3.04. The summed E-state index contributed by atoms with van der Waals surface area (Å²) in [6, 6.07) is 8.26. The molecule has 132 valence electrons. The fourth-order valence-electron chi connectivity index (χ4n) is 2.24. The summed E-state index contributed by atoms with van der Waals surface area (Å²) in [6.07, 6.45) is 0. The van der Waals surface area contributed by atoms with E-state index in [0.717, 1.165) is 34.9 Å². The molecule has 2 rings (SSSR count). The lowest BCUT2D eigenvalue weighted by Gasteiger charge is -2.15. The zero-order chi connectivity index (χ0) is 18.6. The van der Waals surface area contributed by atoms with Crippen LogP contribution in [0.4, 0.5) is 8.78 Å². The second-order valence-corrected chi connectivity index (χ2v) is 5.84. The molecule has 1 atom stereocenters. The summed E-state index contributed by atoms with van der Waals surface area (Å²) < 4.78 is 30.8. The molecular formula is C19H19F2NO3. The Morgan fingerprint density at radius 3 is 2.40 bits per heavy atom. The van der Waals surface area contributed by atoms with E-state index in [1.807, 2.05) is 39.0 Å². The molecule has 0 radical (unpaired) electrons. The fourth-order valence-corrected chi connectivity index (χ4v) is 2.24. The van der Waals surface area contributed by atoms with Gasteiger partial charge in [0.2, 0.25) is 0 Å². The average molecular weight is 347 g/mol. The molecule has 0 saturated heterocycles. The van der Waals surface area contributed by atoms with Crippen LogP contribution in [0.1, 0.15) is 40.0 Å². The maximum Gasteiger partial charge on any atom is 0.338 e. The molecule has 0 bridgehead atoms. The number of esters is 1. The third kappa shape index (κ3) is 4.86. The lowest BCUT2D eigenvalue weighted by atomic mass is 10.0. The van der Waals surface area contributed by atoms with Crippen LogP contribution in [0, 0.1) is 25.5 Å². The molecule has 0 aliphatic heterocycles. The van der Waals surface area contributed by atoms with Gasteiger partial charge >= 0.3 is 5.97 Å². The highest BCUT2D eigenvalue weighted by molar-refractivity contribution is 5.91. The maximum atomic E-state index is 13.1. The Bertz CT molecular complexity index is 805. The van der Waals surface area contributed by atoms with Crippen molar-refractivity contribution in [3.8, 4) is 0 Å². The van der Waals surface area contributed by atoms with Gasteiger partial charge in [-0.1, -0.05) is 18.2 Å². The maximum absolute atomic E-state index is 13.1. The molecule has 0 aliphatic rings. The summed E-state index contributed by atoms with van der Waals surface area (Å²) in [5, 5.41) is 2.72. The first-order valence-electron chi connectivity index (χ1n) is 7.76. The van der Waals surface area contributed by atoms with Crippen molar-refractivity contribution in [3.05, 3.63) is 70.3 Å². The monoisotopic (exact) mass is 347 g/mol. The van der Waals surface area contributed by atoms with Crippen molar-refractivity contribution in [2.24, 2.45) is 0 Å². The third-order valence-corrected chi connectivity index (χ3v) is 3.90. The lowest BCUT2D eigenvalue weighted by molar-refractivity contribution is -0.124. The molecule has 0 saturated carbocycles. The van der Waals surface area contributed by atoms with Gasteiger partial charge in [-0.15, -0.1) is 0 Å². The number of benzene rings is 2. The van der Waals surface area contributed by atoms with Crippen LogP contribution < -0.4 is 5.32 Å². The second kappa shape index (κ2) is 7.88. The van der Waals surface area contributed by atoms with Crippen LogP contribution in [-0.4, -0.2) is 18.5 Å². The van der Waals surface area contributed by atoms with E-state index in [-0.39, 0.29) is 11.6 Å². The van der Waals surface area contributed by atoms with Gasteiger partial charge in [0, 0.05) is 0 Å². The van der Waals surface area contributed by atoms with Crippen molar-refractivity contribution in [3.63, 3.8) is 0 Å². The van der Waals surface area contributed by atoms with E-state index >= 15 is 0 Å². The standard InChI is InChI=1S/C19H19F2NO3/c1-11-4-5-14(8-12(11)2)13(3)22-18(23)10-25-19(24)15-6-7-16(20)17(21)9-15/h4-9,13H,10H2,1-3H3,(H,22,23). The van der Waals surface area contributed by atoms with E-state index in [0.29, 0.717) is 0 Å². The molecule has 4 nitrogen and oxygen atoms in total. The lowest BCUT2D eigenvalue weighted by Crippen LogP contribution is -2.31. The highest BCUT2D eigenvalue weighted by Crippen LogP contribution is 2.16. The molecule has 2 aromatic carbocycles. The van der Waals surface area contributed by atoms with Crippen molar-refractivity contribution in [2.75, 3.05) is 6.61 Å². The van der Waals surface area contributed by atoms with Crippen LogP contribution in [0.3, 0.4) is 0 Å². The van der Waals surface area contributed by atoms with E-state index < -0.39 is 30.1 Å². The topological polar surface area (TPSA) is 55.4 Å². The zero-order valence-corrected chi connectivity index (χ0v) is 14.2. The summed E-state index contributed by atoms with van der Waals surface area (Å²) >= 11 is 0. The first-order chi connectivity index (χ1) is 11.8. The van der Waals surface area contributed by atoms with E-state index in [1.54, 1.807) is 0 Å². The Balaban J connectivity index is 1.90. The van der Waals surface area contributed by atoms with Gasteiger partial charge in [0.1, 0.15) is 0 Å². The summed E-state index contributed by atoms with van der Waals surface area (Å²) in [5.74, 6) is -3.59. The van der Waals surface area contributed by atoms with Crippen molar-refractivity contribution >= 4 is 11.9 Å². The largest absolute Gasteiger partial charge is 0.452 e. The number of amides is 1. The van der Waals surface area contributed by atoms with Gasteiger partial charge < -0.3 is 10.1 Å². The molecule has 1 amide bonds. The smallest absolute Gasteiger partial charge is 0.338 e. The van der Waals surface area contributed by atoms with E-state index in [9.17, 15) is 18.4 Å². The number of aryl methyl sites for hydroxylation is 2. The first-order valence-corrected chi connectivity index (χ1v) is 7.76. The minimum absolute atomic E-state index is 0.158. The number of ether oxygens (including phenoxy) is 1. The quantitative estimate of drug-likeness (QED) is 0.841. The molecule has 0 heterocycles. The molecule has 0 aliphatic carbocycles. The van der Waals surface area contributed by atoms with E-state index in [2.05, 4.69) is 5.32 Å². The van der Waals surface area contributed by atoms with Crippen LogP contribution >= 0.6 is 0 Å². The number of hydrogen-bond donors (Lipinski definition) is 1. The number of carbonyl (C=O) groups is 2. The Labute approximate surface area is 144 Å². The highest BCUT2D eigenvalue weighted by atomic mass is 19.2. The highest BCUT2D eigenvalue weighted by Gasteiger charge is 2.15. The number of hydrogen-bond acceptors (Lipinski definition) is 3. The van der Waals surface area contributed by atoms with Crippen LogP contribution in [0.2, 0.25) is 0 Å². The third-order valence-electron chi connectivity index (χ3n) is 3.90. The predicted octanol–water partition coefficient (Wildman–Crippen LogP) is 3.62. The Morgan fingerprint density at radius 2 is 1.76 bits per heavy atom. The molecule has 1 unspecified atom stereocenters.